The van der Waals surface area contributed by atoms with E-state index in [-0.39, 0.29) is 28.2 Å². The van der Waals surface area contributed by atoms with Gasteiger partial charge in [-0.25, -0.2) is 9.59 Å². The number of H-pyrrole nitrogens is 4. The van der Waals surface area contributed by atoms with Gasteiger partial charge in [-0.05, 0) is 30.3 Å². The Hall–Kier alpha value is -5.79. The predicted molar refractivity (Wildman–Crippen MR) is 132 cm³/mol. The van der Waals surface area contributed by atoms with E-state index in [0.29, 0.717) is 5.56 Å². The third kappa shape index (κ3) is 5.83. The number of hydrogen-bond donors (Lipinski definition) is 7. The van der Waals surface area contributed by atoms with Crippen LogP contribution in [-0.2, 0) is 0 Å². The number of anilines is 3. The maximum atomic E-state index is 12.9. The Kier molecular flexibility index (Phi) is 6.73. The summed E-state index contributed by atoms with van der Waals surface area (Å²) in [6.07, 6.45) is 1.99. The van der Waals surface area contributed by atoms with E-state index >= 15 is 0 Å². The van der Waals surface area contributed by atoms with E-state index in [1.54, 1.807) is 30.3 Å². The van der Waals surface area contributed by atoms with Gasteiger partial charge in [0.05, 0.1) is 0 Å². The van der Waals surface area contributed by atoms with Crippen LogP contribution in [0.1, 0.15) is 31.1 Å². The minimum Gasteiger partial charge on any atom is -0.322 e. The summed E-state index contributed by atoms with van der Waals surface area (Å²) in [6, 6.07) is 11.8. The van der Waals surface area contributed by atoms with Gasteiger partial charge < -0.3 is 25.9 Å². The van der Waals surface area contributed by atoms with Crippen LogP contribution in [0.2, 0.25) is 0 Å². The largest absolute Gasteiger partial charge is 0.325 e. The molecule has 0 radical (unpaired) electrons. The van der Waals surface area contributed by atoms with Crippen LogP contribution >= 0.6 is 0 Å². The molecule has 0 aliphatic heterocycles. The monoisotopic (exact) mass is 503 g/mol. The molecule has 2 aromatic heterocycles. The first-order chi connectivity index (χ1) is 17.7. The Morgan fingerprint density at radius 2 is 1.03 bits per heavy atom. The molecule has 0 aliphatic rings. The maximum absolute atomic E-state index is 12.9. The standard InChI is InChI=1S/C23H17N7O7/c31-17(11-4-2-1-3-5-11)26-14-7-12(18(32)27-15-9-24-22(36)29-20(15)34)6-13(8-14)19(33)28-16-10-25-23(37)30-21(16)35/h1-10H,(H,26,31)(H,27,32)(H,28,33)(H2,24,29,34,36)(H2,25,30,35,37). The highest BCUT2D eigenvalue weighted by molar-refractivity contribution is 6.11. The molecule has 186 valence electrons. The predicted octanol–water partition coefficient (Wildman–Crippen LogP) is 0.197. The zero-order chi connectivity index (χ0) is 26.5. The average molecular weight is 503 g/mol. The summed E-state index contributed by atoms with van der Waals surface area (Å²) < 4.78 is 0. The van der Waals surface area contributed by atoms with Crippen LogP contribution in [0.4, 0.5) is 17.1 Å². The Morgan fingerprint density at radius 1 is 0.568 bits per heavy atom. The van der Waals surface area contributed by atoms with Gasteiger partial charge in [-0.15, -0.1) is 0 Å². The number of rotatable bonds is 6. The third-order valence-corrected chi connectivity index (χ3v) is 4.89. The van der Waals surface area contributed by atoms with Crippen molar-refractivity contribution in [2.24, 2.45) is 0 Å². The Balaban J connectivity index is 1.69. The number of benzene rings is 2. The molecule has 2 aromatic carbocycles. The highest BCUT2D eigenvalue weighted by Gasteiger charge is 2.17. The van der Waals surface area contributed by atoms with Gasteiger partial charge in [0.2, 0.25) is 0 Å². The normalized spacial score (nSPS) is 10.4. The van der Waals surface area contributed by atoms with Crippen molar-refractivity contribution in [2.45, 2.75) is 0 Å². The number of carbonyl (C=O) groups excluding carboxylic acids is 3. The van der Waals surface area contributed by atoms with E-state index in [4.69, 9.17) is 0 Å². The molecule has 14 nitrogen and oxygen atoms in total. The number of aromatic nitrogens is 4. The zero-order valence-electron chi connectivity index (χ0n) is 18.6. The minimum absolute atomic E-state index is 0.0532. The van der Waals surface area contributed by atoms with Crippen LogP contribution in [0.3, 0.4) is 0 Å². The molecule has 4 rings (SSSR count). The van der Waals surface area contributed by atoms with Crippen molar-refractivity contribution < 1.29 is 14.4 Å². The van der Waals surface area contributed by atoms with Gasteiger partial charge in [0.15, 0.2) is 0 Å². The molecular formula is C23H17N7O7. The Morgan fingerprint density at radius 3 is 1.49 bits per heavy atom. The van der Waals surface area contributed by atoms with Crippen molar-refractivity contribution in [1.29, 1.82) is 0 Å². The van der Waals surface area contributed by atoms with Crippen LogP contribution in [0.5, 0.6) is 0 Å². The quantitative estimate of drug-likeness (QED) is 0.193. The van der Waals surface area contributed by atoms with Gasteiger partial charge in [0, 0.05) is 34.8 Å². The molecule has 2 heterocycles. The van der Waals surface area contributed by atoms with Crippen LogP contribution in [0, 0.1) is 0 Å². The molecule has 7 N–H and O–H groups in total. The summed E-state index contributed by atoms with van der Waals surface area (Å²) >= 11 is 0. The zero-order valence-corrected chi connectivity index (χ0v) is 18.6. The first-order valence-corrected chi connectivity index (χ1v) is 10.5. The Bertz CT molecular complexity index is 1650. The average Bonchev–Trinajstić information content (AvgIpc) is 2.87. The lowest BCUT2D eigenvalue weighted by Crippen LogP contribution is -2.27. The molecule has 0 aliphatic carbocycles. The van der Waals surface area contributed by atoms with E-state index in [1.165, 1.54) is 12.1 Å². The summed E-state index contributed by atoms with van der Waals surface area (Å²) in [7, 11) is 0. The second kappa shape index (κ2) is 10.2. The van der Waals surface area contributed by atoms with Crippen LogP contribution in [0.15, 0.2) is 80.1 Å². The van der Waals surface area contributed by atoms with Gasteiger partial charge in [-0.3, -0.25) is 33.9 Å². The fourth-order valence-electron chi connectivity index (χ4n) is 3.15. The van der Waals surface area contributed by atoms with Crippen molar-refractivity contribution in [3.8, 4) is 0 Å². The molecule has 0 fully saturated rings. The van der Waals surface area contributed by atoms with Gasteiger partial charge in [0.25, 0.3) is 28.8 Å². The molecular weight excluding hydrogens is 486 g/mol. The molecule has 3 amide bonds. The fourth-order valence-corrected chi connectivity index (χ4v) is 3.15. The molecule has 0 atom stereocenters. The van der Waals surface area contributed by atoms with Gasteiger partial charge in [0.1, 0.15) is 11.4 Å². The summed E-state index contributed by atoms with van der Waals surface area (Å²) in [5.41, 5.74) is -3.73. The highest BCUT2D eigenvalue weighted by atomic mass is 16.2. The van der Waals surface area contributed by atoms with E-state index in [1.807, 2.05) is 9.97 Å². The van der Waals surface area contributed by atoms with Gasteiger partial charge >= 0.3 is 11.4 Å². The number of hydrogen-bond acceptors (Lipinski definition) is 7. The number of nitrogens with one attached hydrogen (secondary N) is 7. The Labute approximate surface area is 204 Å². The molecule has 0 spiro atoms. The summed E-state index contributed by atoms with van der Waals surface area (Å²) in [6.45, 7) is 0. The van der Waals surface area contributed by atoms with Crippen LogP contribution < -0.4 is 38.4 Å². The van der Waals surface area contributed by atoms with E-state index in [2.05, 4.69) is 25.9 Å². The summed E-state index contributed by atoms with van der Waals surface area (Å²) in [5.74, 6) is -2.22. The second-order valence-corrected chi connectivity index (χ2v) is 7.50. The van der Waals surface area contributed by atoms with Crippen LogP contribution in [0.25, 0.3) is 0 Å². The van der Waals surface area contributed by atoms with Crippen molar-refractivity contribution >= 4 is 34.8 Å². The maximum Gasteiger partial charge on any atom is 0.325 e. The fraction of sp³-hybridized carbons (Fsp3) is 0. The number of aromatic amines is 4. The first-order valence-electron chi connectivity index (χ1n) is 10.5. The smallest absolute Gasteiger partial charge is 0.322 e. The molecule has 14 heteroatoms. The lowest BCUT2D eigenvalue weighted by atomic mass is 10.1. The van der Waals surface area contributed by atoms with Crippen LogP contribution in [-0.4, -0.2) is 37.7 Å². The van der Waals surface area contributed by atoms with E-state index in [0.717, 1.165) is 18.5 Å². The van der Waals surface area contributed by atoms with E-state index in [9.17, 15) is 33.6 Å². The second-order valence-electron chi connectivity index (χ2n) is 7.50. The van der Waals surface area contributed by atoms with Crippen molar-refractivity contribution in [3.05, 3.63) is 119 Å². The lowest BCUT2D eigenvalue weighted by molar-refractivity contribution is 0.101. The molecule has 0 unspecified atom stereocenters. The van der Waals surface area contributed by atoms with E-state index < -0.39 is 40.2 Å². The number of amides is 3. The minimum atomic E-state index is -0.860. The topological polar surface area (TPSA) is 219 Å². The third-order valence-electron chi connectivity index (χ3n) is 4.89. The molecule has 0 saturated heterocycles. The molecule has 0 bridgehead atoms. The summed E-state index contributed by atoms with van der Waals surface area (Å²) in [5, 5.41) is 7.19. The molecule has 4 aromatic rings. The molecule has 37 heavy (non-hydrogen) atoms. The summed E-state index contributed by atoms with van der Waals surface area (Å²) in [4.78, 5) is 93.1. The lowest BCUT2D eigenvalue weighted by Gasteiger charge is -2.12. The van der Waals surface area contributed by atoms with Gasteiger partial charge in [-0.1, -0.05) is 18.2 Å². The SMILES string of the molecule is O=C(Nc1cc(C(=O)Nc2c[nH]c(=O)[nH]c2=O)cc(C(=O)Nc2c[nH]c(=O)[nH]c2=O)c1)c1ccccc1. The van der Waals surface area contributed by atoms with Crippen molar-refractivity contribution in [1.82, 2.24) is 19.9 Å². The van der Waals surface area contributed by atoms with Crippen molar-refractivity contribution in [2.75, 3.05) is 16.0 Å². The number of carbonyl (C=O) groups is 3. The first kappa shape index (κ1) is 24.3. The van der Waals surface area contributed by atoms with Crippen molar-refractivity contribution in [3.63, 3.8) is 0 Å². The van der Waals surface area contributed by atoms with Gasteiger partial charge in [-0.2, -0.15) is 0 Å². The highest BCUT2D eigenvalue weighted by Crippen LogP contribution is 2.18. The molecule has 0 saturated carbocycles.